The third-order valence-electron chi connectivity index (χ3n) is 3.30. The number of rotatable bonds is 3. The molecule has 3 N–H and O–H groups in total. The third kappa shape index (κ3) is 3.08. The molecule has 0 spiro atoms. The van der Waals surface area contributed by atoms with E-state index in [2.05, 4.69) is 36.1 Å². The number of morpholine rings is 1. The van der Waals surface area contributed by atoms with E-state index in [1.54, 1.807) is 0 Å². The van der Waals surface area contributed by atoms with Crippen LogP contribution in [0.15, 0.2) is 35.1 Å². The molecule has 1 aliphatic rings. The Hall–Kier alpha value is -1.86. The number of benzene rings is 1. The fraction of sp³-hybridized carbons (Fsp3) is 0.286. The van der Waals surface area contributed by atoms with Gasteiger partial charge >= 0.3 is 0 Å². The van der Waals surface area contributed by atoms with Crippen LogP contribution in [0.25, 0.3) is 0 Å². The van der Waals surface area contributed by atoms with Crippen molar-refractivity contribution in [2.24, 2.45) is 0 Å². The van der Waals surface area contributed by atoms with Crippen molar-refractivity contribution in [2.45, 2.75) is 0 Å². The first-order chi connectivity index (χ1) is 10.3. The smallest absolute Gasteiger partial charge is 0.159 e. The Morgan fingerprint density at radius 1 is 1.19 bits per heavy atom. The minimum Gasteiger partial charge on any atom is -0.393 e. The van der Waals surface area contributed by atoms with Crippen molar-refractivity contribution < 1.29 is 4.74 Å². The fourth-order valence-electron chi connectivity index (χ4n) is 2.20. The molecule has 3 rings (SSSR count). The van der Waals surface area contributed by atoms with Crippen molar-refractivity contribution in [2.75, 3.05) is 42.3 Å². The molecular formula is C14H16BrN5O. The highest BCUT2D eigenvalue weighted by molar-refractivity contribution is 9.10. The highest BCUT2D eigenvalue weighted by Crippen LogP contribution is 2.31. The average molecular weight is 350 g/mol. The van der Waals surface area contributed by atoms with Gasteiger partial charge in [0.25, 0.3) is 0 Å². The second-order valence-electron chi connectivity index (χ2n) is 4.66. The lowest BCUT2D eigenvalue weighted by Gasteiger charge is -2.29. The SMILES string of the molecule is Nc1c(Nc2ccccc2Br)ncnc1N1CCOCC1. The Kier molecular flexibility index (Phi) is 4.21. The molecule has 0 aliphatic carbocycles. The molecule has 1 fully saturated rings. The van der Waals surface area contributed by atoms with E-state index in [0.29, 0.717) is 24.7 Å². The number of nitrogens with zero attached hydrogens (tertiary/aromatic N) is 3. The van der Waals surface area contributed by atoms with Gasteiger partial charge in [0, 0.05) is 17.6 Å². The quantitative estimate of drug-likeness (QED) is 0.885. The zero-order valence-electron chi connectivity index (χ0n) is 11.4. The second kappa shape index (κ2) is 6.28. The maximum Gasteiger partial charge on any atom is 0.159 e. The summed E-state index contributed by atoms with van der Waals surface area (Å²) in [5, 5.41) is 3.24. The van der Waals surface area contributed by atoms with Crippen LogP contribution in [0, 0.1) is 0 Å². The molecule has 0 radical (unpaired) electrons. The van der Waals surface area contributed by atoms with Crippen LogP contribution >= 0.6 is 15.9 Å². The summed E-state index contributed by atoms with van der Waals surface area (Å²) in [6.07, 6.45) is 1.53. The summed E-state index contributed by atoms with van der Waals surface area (Å²) in [7, 11) is 0. The number of nitrogens with two attached hydrogens (primary N) is 1. The van der Waals surface area contributed by atoms with Gasteiger partial charge < -0.3 is 20.7 Å². The van der Waals surface area contributed by atoms with Crippen molar-refractivity contribution in [1.29, 1.82) is 0 Å². The van der Waals surface area contributed by atoms with Crippen LogP contribution in [0.5, 0.6) is 0 Å². The van der Waals surface area contributed by atoms with Gasteiger partial charge in [-0.1, -0.05) is 12.1 Å². The van der Waals surface area contributed by atoms with Gasteiger partial charge in [0.2, 0.25) is 0 Å². The van der Waals surface area contributed by atoms with E-state index >= 15 is 0 Å². The molecule has 1 saturated heterocycles. The van der Waals surface area contributed by atoms with Gasteiger partial charge in [-0.2, -0.15) is 0 Å². The van der Waals surface area contributed by atoms with Crippen molar-refractivity contribution >= 4 is 38.9 Å². The van der Waals surface area contributed by atoms with E-state index in [9.17, 15) is 0 Å². The third-order valence-corrected chi connectivity index (χ3v) is 3.99. The molecule has 21 heavy (non-hydrogen) atoms. The maximum absolute atomic E-state index is 6.23. The van der Waals surface area contributed by atoms with E-state index in [-0.39, 0.29) is 0 Å². The van der Waals surface area contributed by atoms with Crippen LogP contribution in [0.4, 0.5) is 23.0 Å². The Balaban J connectivity index is 1.88. The molecule has 6 nitrogen and oxygen atoms in total. The molecule has 2 aromatic rings. The average Bonchev–Trinajstić information content (AvgIpc) is 2.52. The number of ether oxygens (including phenoxy) is 1. The second-order valence-corrected chi connectivity index (χ2v) is 5.52. The van der Waals surface area contributed by atoms with Crippen LogP contribution in [0.1, 0.15) is 0 Å². The number of para-hydroxylation sites is 1. The predicted molar refractivity (Wildman–Crippen MR) is 86.9 cm³/mol. The zero-order chi connectivity index (χ0) is 14.7. The van der Waals surface area contributed by atoms with Gasteiger partial charge in [0.1, 0.15) is 12.0 Å². The molecule has 0 unspecified atom stereocenters. The summed E-state index contributed by atoms with van der Waals surface area (Å²) in [4.78, 5) is 10.7. The van der Waals surface area contributed by atoms with Crippen molar-refractivity contribution in [3.63, 3.8) is 0 Å². The van der Waals surface area contributed by atoms with Crippen LogP contribution in [0.2, 0.25) is 0 Å². The minimum atomic E-state index is 0.551. The molecule has 0 amide bonds. The molecular weight excluding hydrogens is 334 g/mol. The molecule has 1 aromatic heterocycles. The maximum atomic E-state index is 6.23. The molecule has 0 bridgehead atoms. The van der Waals surface area contributed by atoms with E-state index in [1.165, 1.54) is 6.33 Å². The van der Waals surface area contributed by atoms with Gasteiger partial charge in [-0.15, -0.1) is 0 Å². The Bertz CT molecular complexity index is 631. The van der Waals surface area contributed by atoms with Crippen molar-refractivity contribution in [3.8, 4) is 0 Å². The summed E-state index contributed by atoms with van der Waals surface area (Å²) < 4.78 is 6.31. The molecule has 0 saturated carbocycles. The minimum absolute atomic E-state index is 0.551. The first-order valence-electron chi connectivity index (χ1n) is 6.70. The first-order valence-corrected chi connectivity index (χ1v) is 7.50. The van der Waals surface area contributed by atoms with Gasteiger partial charge in [0.05, 0.1) is 18.9 Å². The van der Waals surface area contributed by atoms with E-state index in [1.807, 2.05) is 24.3 Å². The lowest BCUT2D eigenvalue weighted by molar-refractivity contribution is 0.122. The largest absolute Gasteiger partial charge is 0.393 e. The lowest BCUT2D eigenvalue weighted by atomic mass is 10.3. The van der Waals surface area contributed by atoms with Crippen LogP contribution in [-0.2, 0) is 4.74 Å². The topological polar surface area (TPSA) is 76.3 Å². The van der Waals surface area contributed by atoms with E-state index in [0.717, 1.165) is 29.1 Å². The Morgan fingerprint density at radius 3 is 2.71 bits per heavy atom. The highest BCUT2D eigenvalue weighted by atomic mass is 79.9. The number of nitrogens with one attached hydrogen (secondary N) is 1. The number of hydrogen-bond acceptors (Lipinski definition) is 6. The Labute approximate surface area is 131 Å². The van der Waals surface area contributed by atoms with Crippen LogP contribution in [-0.4, -0.2) is 36.3 Å². The summed E-state index contributed by atoms with van der Waals surface area (Å²) in [5.41, 5.74) is 7.69. The van der Waals surface area contributed by atoms with Crippen molar-refractivity contribution in [1.82, 2.24) is 9.97 Å². The zero-order valence-corrected chi connectivity index (χ0v) is 13.0. The monoisotopic (exact) mass is 349 g/mol. The number of nitrogen functional groups attached to an aromatic ring is 1. The molecule has 1 aliphatic heterocycles. The normalized spacial score (nSPS) is 15.0. The molecule has 2 heterocycles. The predicted octanol–water partition coefficient (Wildman–Crippen LogP) is 2.40. The number of hydrogen-bond donors (Lipinski definition) is 2. The van der Waals surface area contributed by atoms with E-state index < -0.39 is 0 Å². The van der Waals surface area contributed by atoms with Gasteiger partial charge in [0.15, 0.2) is 11.6 Å². The summed E-state index contributed by atoms with van der Waals surface area (Å²) in [6.45, 7) is 2.96. The lowest BCUT2D eigenvalue weighted by Crippen LogP contribution is -2.37. The first kappa shape index (κ1) is 14.1. The molecule has 0 atom stereocenters. The number of aromatic nitrogens is 2. The van der Waals surface area contributed by atoms with Crippen molar-refractivity contribution in [3.05, 3.63) is 35.1 Å². The standard InChI is InChI=1S/C14H16BrN5O/c15-10-3-1-2-4-11(10)19-13-12(16)14(18-9-17-13)20-5-7-21-8-6-20/h1-4,9H,5-8,16H2,(H,17,18,19). The summed E-state index contributed by atoms with van der Waals surface area (Å²) >= 11 is 3.50. The molecule has 110 valence electrons. The van der Waals surface area contributed by atoms with Gasteiger partial charge in [-0.25, -0.2) is 9.97 Å². The summed E-state index contributed by atoms with van der Waals surface area (Å²) in [5.74, 6) is 1.36. The number of halogens is 1. The van der Waals surface area contributed by atoms with Gasteiger partial charge in [-0.05, 0) is 28.1 Å². The molecule has 1 aromatic carbocycles. The van der Waals surface area contributed by atoms with E-state index in [4.69, 9.17) is 10.5 Å². The number of anilines is 4. The fourth-order valence-corrected chi connectivity index (χ4v) is 2.59. The van der Waals surface area contributed by atoms with Crippen LogP contribution in [0.3, 0.4) is 0 Å². The summed E-state index contributed by atoms with van der Waals surface area (Å²) in [6, 6.07) is 7.83. The Morgan fingerprint density at radius 2 is 1.95 bits per heavy atom. The van der Waals surface area contributed by atoms with Crippen LogP contribution < -0.4 is 16.0 Å². The molecule has 7 heteroatoms. The highest BCUT2D eigenvalue weighted by Gasteiger charge is 2.18. The van der Waals surface area contributed by atoms with Gasteiger partial charge in [-0.3, -0.25) is 0 Å².